The molecule has 2 aromatic heterocycles. The fourth-order valence-electron chi connectivity index (χ4n) is 2.98. The van der Waals surface area contributed by atoms with Crippen LogP contribution in [0, 0.1) is 0 Å². The molecule has 6 heteroatoms. The van der Waals surface area contributed by atoms with E-state index in [0.29, 0.717) is 5.92 Å². The minimum absolute atomic E-state index is 0.464. The molecule has 0 aromatic carbocycles. The number of thiophene rings is 1. The number of aliphatic imine (C=N–C) groups is 1. The molecule has 3 heterocycles. The van der Waals surface area contributed by atoms with E-state index in [1.54, 1.807) is 18.4 Å². The average Bonchev–Trinajstić information content (AvgIpc) is 3.36. The van der Waals surface area contributed by atoms with Gasteiger partial charge in [-0.2, -0.15) is 11.3 Å². The van der Waals surface area contributed by atoms with Gasteiger partial charge in [-0.1, -0.05) is 13.0 Å². The molecule has 0 radical (unpaired) electrons. The Hall–Kier alpha value is -2.08. The summed E-state index contributed by atoms with van der Waals surface area (Å²) in [4.78, 5) is 11.3. The van der Waals surface area contributed by atoms with Crippen molar-refractivity contribution < 1.29 is 0 Å². The third kappa shape index (κ3) is 4.95. The van der Waals surface area contributed by atoms with Gasteiger partial charge in [0.25, 0.3) is 0 Å². The molecule has 1 unspecified atom stereocenters. The van der Waals surface area contributed by atoms with Crippen LogP contribution in [0.15, 0.2) is 40.1 Å². The fraction of sp³-hybridized carbons (Fsp3) is 0.474. The molecule has 0 spiro atoms. The molecule has 134 valence electrons. The van der Waals surface area contributed by atoms with Gasteiger partial charge in [-0.3, -0.25) is 4.99 Å². The van der Waals surface area contributed by atoms with E-state index in [1.165, 1.54) is 18.4 Å². The molecular weight excluding hydrogens is 330 g/mol. The molecule has 3 rings (SSSR count). The molecule has 1 atom stereocenters. The zero-order valence-corrected chi connectivity index (χ0v) is 15.9. The number of nitrogens with one attached hydrogen (secondary N) is 2. The summed E-state index contributed by atoms with van der Waals surface area (Å²) in [6.07, 6.45) is 4.51. The molecule has 0 amide bonds. The van der Waals surface area contributed by atoms with Crippen LogP contribution in [-0.4, -0.2) is 37.6 Å². The van der Waals surface area contributed by atoms with Crippen molar-refractivity contribution in [1.29, 1.82) is 0 Å². The van der Waals surface area contributed by atoms with E-state index in [9.17, 15) is 0 Å². The second-order valence-electron chi connectivity index (χ2n) is 6.48. The minimum atomic E-state index is 0.464. The molecule has 0 bridgehead atoms. The standard InChI is InChI=1S/C19H27N5S/c1-15(17-7-10-25-14-17)11-22-19(20-2)23-13-16-5-6-18(21-12-16)24-8-3-4-9-24/h5-7,10,12,14-15H,3-4,8-9,11,13H2,1-2H3,(H2,20,22,23). The van der Waals surface area contributed by atoms with Crippen molar-refractivity contribution in [2.75, 3.05) is 31.6 Å². The highest BCUT2D eigenvalue weighted by Gasteiger charge is 2.13. The summed E-state index contributed by atoms with van der Waals surface area (Å²) in [5.74, 6) is 2.38. The first-order valence-electron chi connectivity index (χ1n) is 8.93. The molecule has 1 aliphatic heterocycles. The maximum Gasteiger partial charge on any atom is 0.191 e. The SMILES string of the molecule is CN=C(NCc1ccc(N2CCCC2)nc1)NCC(C)c1ccsc1. The van der Waals surface area contributed by atoms with E-state index >= 15 is 0 Å². The Morgan fingerprint density at radius 1 is 1.28 bits per heavy atom. The Kier molecular flexibility index (Phi) is 6.28. The lowest BCUT2D eigenvalue weighted by atomic mass is 10.1. The summed E-state index contributed by atoms with van der Waals surface area (Å²) >= 11 is 1.74. The van der Waals surface area contributed by atoms with Crippen molar-refractivity contribution >= 4 is 23.1 Å². The molecule has 2 N–H and O–H groups in total. The molecule has 2 aromatic rings. The Labute approximate surface area is 154 Å². The Morgan fingerprint density at radius 2 is 2.12 bits per heavy atom. The van der Waals surface area contributed by atoms with Gasteiger partial charge in [0.15, 0.2) is 5.96 Å². The maximum atomic E-state index is 4.60. The molecule has 1 saturated heterocycles. The first-order chi connectivity index (χ1) is 12.3. The van der Waals surface area contributed by atoms with Gasteiger partial charge in [-0.25, -0.2) is 4.98 Å². The zero-order valence-electron chi connectivity index (χ0n) is 15.0. The largest absolute Gasteiger partial charge is 0.357 e. The molecular formula is C19H27N5S. The highest BCUT2D eigenvalue weighted by atomic mass is 32.1. The van der Waals surface area contributed by atoms with Crippen molar-refractivity contribution in [3.63, 3.8) is 0 Å². The predicted octanol–water partition coefficient (Wildman–Crippen LogP) is 3.21. The quantitative estimate of drug-likeness (QED) is 0.616. The summed E-state index contributed by atoms with van der Waals surface area (Å²) in [5.41, 5.74) is 2.53. The summed E-state index contributed by atoms with van der Waals surface area (Å²) in [6, 6.07) is 6.45. The van der Waals surface area contributed by atoms with Crippen LogP contribution in [0.25, 0.3) is 0 Å². The second kappa shape index (κ2) is 8.85. The number of anilines is 1. The Morgan fingerprint density at radius 3 is 2.76 bits per heavy atom. The van der Waals surface area contributed by atoms with Gasteiger partial charge in [-0.15, -0.1) is 0 Å². The van der Waals surface area contributed by atoms with Gasteiger partial charge in [0.1, 0.15) is 5.82 Å². The summed E-state index contributed by atoms with van der Waals surface area (Å²) in [6.45, 7) is 6.07. The predicted molar refractivity (Wildman–Crippen MR) is 107 cm³/mol. The van der Waals surface area contributed by atoms with Crippen LogP contribution in [0.1, 0.15) is 36.8 Å². The van der Waals surface area contributed by atoms with Crippen LogP contribution < -0.4 is 15.5 Å². The third-order valence-corrected chi connectivity index (χ3v) is 5.31. The van der Waals surface area contributed by atoms with E-state index in [2.05, 4.69) is 61.4 Å². The smallest absolute Gasteiger partial charge is 0.191 e. The molecule has 1 aliphatic rings. The van der Waals surface area contributed by atoms with Gasteiger partial charge in [0.05, 0.1) is 0 Å². The van der Waals surface area contributed by atoms with E-state index in [-0.39, 0.29) is 0 Å². The number of hydrogen-bond donors (Lipinski definition) is 2. The topological polar surface area (TPSA) is 52.6 Å². The third-order valence-electron chi connectivity index (χ3n) is 4.61. The van der Waals surface area contributed by atoms with Crippen molar-refractivity contribution in [3.05, 3.63) is 46.3 Å². The maximum absolute atomic E-state index is 4.60. The summed E-state index contributed by atoms with van der Waals surface area (Å²) in [7, 11) is 1.80. The Bertz CT molecular complexity index is 660. The molecule has 1 fully saturated rings. The fourth-order valence-corrected chi connectivity index (χ4v) is 3.77. The lowest BCUT2D eigenvalue weighted by Crippen LogP contribution is -2.38. The average molecular weight is 358 g/mol. The van der Waals surface area contributed by atoms with Crippen LogP contribution in [0.4, 0.5) is 5.82 Å². The van der Waals surface area contributed by atoms with Crippen LogP contribution in [0.2, 0.25) is 0 Å². The molecule has 0 saturated carbocycles. The van der Waals surface area contributed by atoms with E-state index in [4.69, 9.17) is 0 Å². The van der Waals surface area contributed by atoms with Gasteiger partial charge in [0.2, 0.25) is 0 Å². The number of pyridine rings is 1. The number of rotatable bonds is 6. The van der Waals surface area contributed by atoms with Gasteiger partial charge in [-0.05, 0) is 52.8 Å². The van der Waals surface area contributed by atoms with Gasteiger partial charge >= 0.3 is 0 Å². The number of nitrogens with zero attached hydrogens (tertiary/aromatic N) is 3. The van der Waals surface area contributed by atoms with Crippen LogP contribution >= 0.6 is 11.3 Å². The highest BCUT2D eigenvalue weighted by Crippen LogP contribution is 2.18. The van der Waals surface area contributed by atoms with Crippen molar-refractivity contribution in [2.24, 2.45) is 4.99 Å². The van der Waals surface area contributed by atoms with Gasteiger partial charge in [0, 0.05) is 39.4 Å². The first kappa shape index (κ1) is 17.7. The minimum Gasteiger partial charge on any atom is -0.357 e. The zero-order chi connectivity index (χ0) is 17.5. The lowest BCUT2D eigenvalue weighted by Gasteiger charge is -2.17. The van der Waals surface area contributed by atoms with E-state index in [1.807, 2.05) is 6.20 Å². The number of aromatic nitrogens is 1. The van der Waals surface area contributed by atoms with Crippen molar-refractivity contribution in [2.45, 2.75) is 32.2 Å². The molecule has 5 nitrogen and oxygen atoms in total. The van der Waals surface area contributed by atoms with Crippen LogP contribution in [0.5, 0.6) is 0 Å². The van der Waals surface area contributed by atoms with Crippen LogP contribution in [0.3, 0.4) is 0 Å². The van der Waals surface area contributed by atoms with Crippen molar-refractivity contribution in [3.8, 4) is 0 Å². The highest BCUT2D eigenvalue weighted by molar-refractivity contribution is 7.07. The summed E-state index contributed by atoms with van der Waals surface area (Å²) < 4.78 is 0. The number of guanidine groups is 1. The molecule has 25 heavy (non-hydrogen) atoms. The lowest BCUT2D eigenvalue weighted by molar-refractivity contribution is 0.700. The normalized spacial score (nSPS) is 16.1. The first-order valence-corrected chi connectivity index (χ1v) is 9.87. The molecule has 0 aliphatic carbocycles. The monoisotopic (exact) mass is 357 g/mol. The summed E-state index contributed by atoms with van der Waals surface area (Å²) in [5, 5.41) is 11.1. The van der Waals surface area contributed by atoms with E-state index in [0.717, 1.165) is 43.5 Å². The second-order valence-corrected chi connectivity index (χ2v) is 7.26. The van der Waals surface area contributed by atoms with E-state index < -0.39 is 0 Å². The van der Waals surface area contributed by atoms with Gasteiger partial charge < -0.3 is 15.5 Å². The number of hydrogen-bond acceptors (Lipinski definition) is 4. The van der Waals surface area contributed by atoms with Crippen molar-refractivity contribution in [1.82, 2.24) is 15.6 Å². The van der Waals surface area contributed by atoms with Crippen LogP contribution in [-0.2, 0) is 6.54 Å². The Balaban J connectivity index is 1.46.